The third-order valence-corrected chi connectivity index (χ3v) is 4.60. The average Bonchev–Trinajstić information content (AvgIpc) is 3.45. The fourth-order valence-corrected chi connectivity index (χ4v) is 3.22. The number of hydrogen-bond acceptors (Lipinski definition) is 6. The van der Waals surface area contributed by atoms with Crippen molar-refractivity contribution in [1.82, 2.24) is 20.1 Å². The summed E-state index contributed by atoms with van der Waals surface area (Å²) >= 11 is 0. The van der Waals surface area contributed by atoms with Gasteiger partial charge in [0, 0.05) is 23.4 Å². The van der Waals surface area contributed by atoms with E-state index in [-0.39, 0.29) is 12.1 Å². The molecule has 0 aliphatic heterocycles. The van der Waals surface area contributed by atoms with Crippen LogP contribution < -0.4 is 21.7 Å². The normalized spacial score (nSPS) is 13.1. The Hall–Kier alpha value is -4.01. The minimum absolute atomic E-state index is 0.0778. The van der Waals surface area contributed by atoms with E-state index >= 15 is 0 Å². The molecule has 1 atom stereocenters. The third-order valence-electron chi connectivity index (χ3n) is 4.60. The summed E-state index contributed by atoms with van der Waals surface area (Å²) < 4.78 is 6.80. The van der Waals surface area contributed by atoms with Crippen LogP contribution in [0.1, 0.15) is 22.5 Å². The Balaban J connectivity index is 1.61. The van der Waals surface area contributed by atoms with Gasteiger partial charge in [0.25, 0.3) is 11.8 Å². The number of carbonyl (C=O) groups is 3. The molecule has 0 aromatic carbocycles. The number of hydrogen-bond donors (Lipinski definition) is 2. The van der Waals surface area contributed by atoms with Gasteiger partial charge in [0.1, 0.15) is 17.2 Å². The molecular weight excluding hydrogens is 374 g/mol. The molecule has 0 bridgehead atoms. The highest BCUT2D eigenvalue weighted by Gasteiger charge is 2.28. The van der Waals surface area contributed by atoms with Crippen LogP contribution in [0.25, 0.3) is 18.0 Å². The molecule has 3 heterocycles. The Morgan fingerprint density at radius 2 is 2.07 bits per heavy atom. The highest BCUT2D eigenvalue weighted by Crippen LogP contribution is 2.09. The molecule has 3 aromatic rings. The summed E-state index contributed by atoms with van der Waals surface area (Å²) in [6.07, 6.45) is 9.21. The summed E-state index contributed by atoms with van der Waals surface area (Å²) in [5, 5.41) is 7.57. The summed E-state index contributed by atoms with van der Waals surface area (Å²) in [4.78, 5) is 40.9. The molecule has 3 N–H and O–H groups in total. The first kappa shape index (κ1) is 18.4. The summed E-state index contributed by atoms with van der Waals surface area (Å²) in [5.41, 5.74) is 6.79. The van der Waals surface area contributed by atoms with Gasteiger partial charge in [0.05, 0.1) is 12.5 Å². The first-order chi connectivity index (χ1) is 14.0. The molecule has 1 aliphatic carbocycles. The van der Waals surface area contributed by atoms with E-state index in [2.05, 4.69) is 15.4 Å². The lowest BCUT2D eigenvalue weighted by molar-refractivity contribution is -0.137. The predicted molar refractivity (Wildman–Crippen MR) is 102 cm³/mol. The molecule has 1 unspecified atom stereocenters. The van der Waals surface area contributed by atoms with Crippen molar-refractivity contribution in [3.63, 3.8) is 0 Å². The van der Waals surface area contributed by atoms with Gasteiger partial charge in [-0.3, -0.25) is 14.4 Å². The first-order valence-corrected chi connectivity index (χ1v) is 8.91. The van der Waals surface area contributed by atoms with Crippen LogP contribution >= 0.6 is 0 Å². The van der Waals surface area contributed by atoms with Crippen molar-refractivity contribution in [1.29, 1.82) is 0 Å². The molecule has 29 heavy (non-hydrogen) atoms. The van der Waals surface area contributed by atoms with Gasteiger partial charge in [0.15, 0.2) is 5.82 Å². The number of amides is 2. The largest absolute Gasteiger partial charge is 0.464 e. The predicted octanol–water partition coefficient (Wildman–Crippen LogP) is -0.779. The van der Waals surface area contributed by atoms with E-state index in [1.807, 2.05) is 12.2 Å². The van der Waals surface area contributed by atoms with Crippen molar-refractivity contribution in [3.8, 4) is 5.82 Å². The molecule has 3 aromatic heterocycles. The van der Waals surface area contributed by atoms with Crippen LogP contribution in [-0.4, -0.2) is 38.4 Å². The van der Waals surface area contributed by atoms with Gasteiger partial charge >= 0.3 is 0 Å². The van der Waals surface area contributed by atoms with Crippen LogP contribution in [0, 0.1) is 0 Å². The third kappa shape index (κ3) is 3.57. The monoisotopic (exact) mass is 391 g/mol. The zero-order valence-corrected chi connectivity index (χ0v) is 15.2. The number of nitrogens with one attached hydrogen (secondary N) is 1. The van der Waals surface area contributed by atoms with Crippen molar-refractivity contribution < 1.29 is 18.8 Å². The molecule has 0 saturated heterocycles. The van der Waals surface area contributed by atoms with Crippen molar-refractivity contribution in [2.45, 2.75) is 18.9 Å². The van der Waals surface area contributed by atoms with Crippen LogP contribution in [0.2, 0.25) is 0 Å². The molecule has 0 fully saturated rings. The Morgan fingerprint density at radius 1 is 1.21 bits per heavy atom. The molecule has 0 radical (unpaired) electrons. The maximum atomic E-state index is 12.9. The Kier molecular flexibility index (Phi) is 4.78. The van der Waals surface area contributed by atoms with E-state index in [9.17, 15) is 14.4 Å². The smallest absolute Gasteiger partial charge is 0.287 e. The van der Waals surface area contributed by atoms with E-state index in [1.165, 1.54) is 23.2 Å². The highest BCUT2D eigenvalue weighted by atomic mass is 16.3. The average molecular weight is 391 g/mol. The first-order valence-electron chi connectivity index (χ1n) is 8.91. The number of carbonyl (C=O) groups excluding carboxylic acids is 3. The number of Topliss-reactive ketones (excluding diaryl/α,β-unsaturated/α-hetero) is 1. The Labute approximate surface area is 164 Å². The number of nitrogens with two attached hydrogens (primary N) is 1. The van der Waals surface area contributed by atoms with E-state index in [0.717, 1.165) is 11.6 Å². The summed E-state index contributed by atoms with van der Waals surface area (Å²) in [6.45, 7) is 0. The lowest BCUT2D eigenvalue weighted by Crippen LogP contribution is -2.48. The molecule has 1 aliphatic rings. The number of pyridine rings is 1. The van der Waals surface area contributed by atoms with E-state index in [0.29, 0.717) is 16.8 Å². The lowest BCUT2D eigenvalue weighted by atomic mass is 10.0. The molecule has 0 saturated carbocycles. The maximum absolute atomic E-state index is 12.9. The second-order valence-corrected chi connectivity index (χ2v) is 6.46. The van der Waals surface area contributed by atoms with Crippen LogP contribution in [0.5, 0.6) is 0 Å². The summed E-state index contributed by atoms with van der Waals surface area (Å²) in [7, 11) is 0. The molecule has 146 valence electrons. The topological polar surface area (TPSA) is 133 Å². The SMILES string of the molecule is NC(=O)C(=O)C(Cc1coc2c1=CCC=2)NC(=O)c1ccnn1-c1ccccn1. The van der Waals surface area contributed by atoms with Gasteiger partial charge in [-0.05, 0) is 30.7 Å². The quantitative estimate of drug-likeness (QED) is 0.508. The zero-order chi connectivity index (χ0) is 20.4. The van der Waals surface area contributed by atoms with Gasteiger partial charge < -0.3 is 15.5 Å². The van der Waals surface area contributed by atoms with E-state index in [4.69, 9.17) is 10.2 Å². The van der Waals surface area contributed by atoms with E-state index in [1.54, 1.807) is 24.4 Å². The number of fused-ring (bicyclic) bond motifs is 1. The minimum atomic E-state index is -1.14. The highest BCUT2D eigenvalue weighted by molar-refractivity contribution is 6.38. The van der Waals surface area contributed by atoms with Crippen LogP contribution in [0.15, 0.2) is 47.3 Å². The Morgan fingerprint density at radius 3 is 2.83 bits per heavy atom. The van der Waals surface area contributed by atoms with Gasteiger partial charge in [-0.1, -0.05) is 12.1 Å². The number of nitrogens with zero attached hydrogens (tertiary/aromatic N) is 3. The fourth-order valence-electron chi connectivity index (χ4n) is 3.22. The molecular formula is C20H17N5O4. The molecule has 4 rings (SSSR count). The van der Waals surface area contributed by atoms with Gasteiger partial charge in [-0.2, -0.15) is 5.10 Å². The second kappa shape index (κ2) is 7.55. The van der Waals surface area contributed by atoms with Crippen LogP contribution in [0.4, 0.5) is 0 Å². The molecule has 2 amide bonds. The number of primary amides is 1. The minimum Gasteiger partial charge on any atom is -0.464 e. The van der Waals surface area contributed by atoms with Crippen molar-refractivity contribution >= 4 is 29.7 Å². The van der Waals surface area contributed by atoms with E-state index < -0.39 is 23.6 Å². The molecule has 9 nitrogen and oxygen atoms in total. The van der Waals surface area contributed by atoms with Crippen molar-refractivity contribution in [2.75, 3.05) is 0 Å². The standard InChI is InChI=1S/C20H17N5O4/c21-19(27)18(26)14(10-12-11-29-16-5-3-4-13(12)16)24-20(28)15-7-9-23-25(15)17-6-1-2-8-22-17/h1-2,4-9,11,14H,3,10H2,(H2,21,27)(H,24,28). The van der Waals surface area contributed by atoms with Gasteiger partial charge in [-0.25, -0.2) is 9.67 Å². The summed E-state index contributed by atoms with van der Waals surface area (Å²) in [5.74, 6) is -2.15. The van der Waals surface area contributed by atoms with Crippen LogP contribution in [0.3, 0.4) is 0 Å². The zero-order valence-electron chi connectivity index (χ0n) is 15.2. The molecule has 9 heteroatoms. The number of ketones is 1. The number of aromatic nitrogens is 3. The number of rotatable bonds is 7. The van der Waals surface area contributed by atoms with Gasteiger partial charge in [-0.15, -0.1) is 0 Å². The Bertz CT molecular complexity index is 1210. The van der Waals surface area contributed by atoms with Crippen molar-refractivity contribution in [2.24, 2.45) is 5.73 Å². The molecule has 0 spiro atoms. The van der Waals surface area contributed by atoms with Gasteiger partial charge in [0.2, 0.25) is 5.78 Å². The summed E-state index contributed by atoms with van der Waals surface area (Å²) in [6, 6.07) is 5.55. The lowest BCUT2D eigenvalue weighted by Gasteiger charge is -2.16. The second-order valence-electron chi connectivity index (χ2n) is 6.46. The maximum Gasteiger partial charge on any atom is 0.287 e. The fraction of sp³-hybridized carbons (Fsp3) is 0.150. The van der Waals surface area contributed by atoms with Crippen LogP contribution in [-0.2, 0) is 16.0 Å². The number of furan rings is 1. The van der Waals surface area contributed by atoms with Crippen molar-refractivity contribution in [3.05, 3.63) is 64.8 Å².